The van der Waals surface area contributed by atoms with Crippen LogP contribution in [0.3, 0.4) is 0 Å². The van der Waals surface area contributed by atoms with Crippen molar-refractivity contribution in [3.63, 3.8) is 0 Å². The molecule has 3 N–H and O–H groups in total. The third kappa shape index (κ3) is 2.47. The fraction of sp³-hybridized carbons (Fsp3) is 0.231. The van der Waals surface area contributed by atoms with Crippen LogP contribution in [0.1, 0.15) is 25.8 Å². The molecule has 0 bridgehead atoms. The molecular formula is C13H13N5OS2. The largest absolute Gasteiger partial charge is 0.397 e. The maximum Gasteiger partial charge on any atom is 0.263 e. The van der Waals surface area contributed by atoms with Gasteiger partial charge >= 0.3 is 0 Å². The summed E-state index contributed by atoms with van der Waals surface area (Å²) >= 11 is 2.77. The van der Waals surface area contributed by atoms with E-state index in [0.717, 1.165) is 21.5 Å². The number of aryl methyl sites for hydroxylation is 2. The number of carbonyl (C=O) groups excluding carboxylic acids is 1. The lowest BCUT2D eigenvalue weighted by Crippen LogP contribution is -2.22. The summed E-state index contributed by atoms with van der Waals surface area (Å²) in [5.41, 5.74) is 10.1. The lowest BCUT2D eigenvalue weighted by molar-refractivity contribution is 0.0956. The van der Waals surface area contributed by atoms with Gasteiger partial charge in [0.25, 0.3) is 5.91 Å². The van der Waals surface area contributed by atoms with E-state index in [1.165, 1.54) is 22.7 Å². The summed E-state index contributed by atoms with van der Waals surface area (Å²) in [5, 5.41) is 11.9. The van der Waals surface area contributed by atoms with Gasteiger partial charge in [0.2, 0.25) is 0 Å². The van der Waals surface area contributed by atoms with Crippen LogP contribution in [0.2, 0.25) is 0 Å². The van der Waals surface area contributed by atoms with Gasteiger partial charge in [0.15, 0.2) is 0 Å². The minimum absolute atomic E-state index is 0.194. The number of rotatable bonds is 3. The predicted molar refractivity (Wildman–Crippen MR) is 84.6 cm³/mol. The molecule has 0 aliphatic rings. The van der Waals surface area contributed by atoms with Crippen LogP contribution >= 0.6 is 22.7 Å². The van der Waals surface area contributed by atoms with Crippen molar-refractivity contribution >= 4 is 44.5 Å². The highest BCUT2D eigenvalue weighted by molar-refractivity contribution is 7.21. The van der Waals surface area contributed by atoms with Crippen LogP contribution in [0, 0.1) is 13.8 Å². The maximum atomic E-state index is 12.3. The zero-order valence-electron chi connectivity index (χ0n) is 11.5. The van der Waals surface area contributed by atoms with Crippen molar-refractivity contribution in [2.45, 2.75) is 20.4 Å². The first-order valence-electron chi connectivity index (χ1n) is 6.25. The van der Waals surface area contributed by atoms with Gasteiger partial charge in [-0.15, -0.1) is 27.8 Å². The minimum atomic E-state index is -0.194. The lowest BCUT2D eigenvalue weighted by atomic mass is 10.1. The molecule has 0 saturated heterocycles. The fourth-order valence-corrected chi connectivity index (χ4v) is 3.54. The molecule has 6 nitrogen and oxygen atoms in total. The molecule has 3 aromatic heterocycles. The van der Waals surface area contributed by atoms with Crippen molar-refractivity contribution in [1.29, 1.82) is 0 Å². The van der Waals surface area contributed by atoms with Gasteiger partial charge < -0.3 is 11.1 Å². The van der Waals surface area contributed by atoms with Crippen molar-refractivity contribution in [3.8, 4) is 0 Å². The summed E-state index contributed by atoms with van der Waals surface area (Å²) in [7, 11) is 0. The van der Waals surface area contributed by atoms with E-state index in [1.807, 2.05) is 13.8 Å². The summed E-state index contributed by atoms with van der Waals surface area (Å²) in [6.45, 7) is 4.26. The Morgan fingerprint density at radius 3 is 2.90 bits per heavy atom. The summed E-state index contributed by atoms with van der Waals surface area (Å²) in [6.07, 6.45) is 1.73. The zero-order valence-corrected chi connectivity index (χ0v) is 13.1. The molecule has 3 rings (SSSR count). The van der Waals surface area contributed by atoms with Crippen LogP contribution in [0.25, 0.3) is 10.2 Å². The number of hydrogen-bond acceptors (Lipinski definition) is 7. The highest BCUT2D eigenvalue weighted by atomic mass is 32.1. The molecular weight excluding hydrogens is 306 g/mol. The van der Waals surface area contributed by atoms with Gasteiger partial charge in [-0.25, -0.2) is 0 Å². The number of fused-ring (bicyclic) bond motifs is 1. The van der Waals surface area contributed by atoms with Crippen molar-refractivity contribution < 1.29 is 4.79 Å². The number of nitrogens with two attached hydrogens (primary N) is 1. The molecule has 0 aliphatic heterocycles. The molecule has 0 radical (unpaired) electrons. The molecule has 21 heavy (non-hydrogen) atoms. The third-order valence-electron chi connectivity index (χ3n) is 3.25. The smallest absolute Gasteiger partial charge is 0.263 e. The normalized spacial score (nSPS) is 11.0. The first kappa shape index (κ1) is 13.9. The second-order valence-corrected chi connectivity index (χ2v) is 6.56. The van der Waals surface area contributed by atoms with Crippen LogP contribution < -0.4 is 11.1 Å². The average molecular weight is 319 g/mol. The average Bonchev–Trinajstić information content (AvgIpc) is 3.09. The van der Waals surface area contributed by atoms with E-state index in [4.69, 9.17) is 5.73 Å². The quantitative estimate of drug-likeness (QED) is 0.772. The second-order valence-electron chi connectivity index (χ2n) is 4.59. The van der Waals surface area contributed by atoms with Crippen LogP contribution in [-0.2, 0) is 6.54 Å². The van der Waals surface area contributed by atoms with Crippen molar-refractivity contribution in [1.82, 2.24) is 20.5 Å². The molecule has 108 valence electrons. The number of anilines is 1. The van der Waals surface area contributed by atoms with Gasteiger partial charge in [0, 0.05) is 16.5 Å². The van der Waals surface area contributed by atoms with Crippen molar-refractivity contribution in [2.75, 3.05) is 5.73 Å². The van der Waals surface area contributed by atoms with Gasteiger partial charge in [-0.05, 0) is 19.4 Å². The number of thiophene rings is 1. The molecule has 3 aromatic rings. The van der Waals surface area contributed by atoms with Crippen molar-refractivity contribution in [3.05, 3.63) is 32.7 Å². The van der Waals surface area contributed by atoms with E-state index in [-0.39, 0.29) is 5.91 Å². The van der Waals surface area contributed by atoms with E-state index in [9.17, 15) is 4.79 Å². The zero-order chi connectivity index (χ0) is 15.0. The second kappa shape index (κ2) is 5.38. The number of aromatic nitrogens is 3. The highest BCUT2D eigenvalue weighted by Gasteiger charge is 2.19. The van der Waals surface area contributed by atoms with Gasteiger partial charge in [-0.2, -0.15) is 5.10 Å². The molecule has 0 fully saturated rings. The van der Waals surface area contributed by atoms with Gasteiger partial charge in [-0.1, -0.05) is 0 Å². The Kier molecular flexibility index (Phi) is 3.56. The predicted octanol–water partition coefficient (Wildman–Crippen LogP) is 2.28. The summed E-state index contributed by atoms with van der Waals surface area (Å²) < 4.78 is 0. The standard InChI is InChI=1S/C13H13N5OS2/c1-6-7(2)17-18-13-9(6)10(14)11(21-13)12(19)16-4-8-3-15-5-20-8/h3,5H,4,14H2,1-2H3,(H,16,19). The number of hydrogen-bond donors (Lipinski definition) is 2. The first-order valence-corrected chi connectivity index (χ1v) is 7.95. The maximum absolute atomic E-state index is 12.3. The van der Waals surface area contributed by atoms with Crippen LogP contribution in [0.4, 0.5) is 5.69 Å². The molecule has 0 aliphatic carbocycles. The third-order valence-corrected chi connectivity index (χ3v) is 5.12. The monoisotopic (exact) mass is 319 g/mol. The van der Waals surface area contributed by atoms with Gasteiger partial charge in [-0.3, -0.25) is 9.78 Å². The molecule has 0 unspecified atom stereocenters. The SMILES string of the molecule is Cc1nnc2sc(C(=O)NCc3cncs3)c(N)c2c1C. The van der Waals surface area contributed by atoms with E-state index < -0.39 is 0 Å². The summed E-state index contributed by atoms with van der Waals surface area (Å²) in [6, 6.07) is 0. The Morgan fingerprint density at radius 1 is 1.38 bits per heavy atom. The molecule has 3 heterocycles. The number of nitrogens with one attached hydrogen (secondary N) is 1. The fourth-order valence-electron chi connectivity index (χ4n) is 1.99. The van der Waals surface area contributed by atoms with E-state index in [1.54, 1.807) is 11.7 Å². The van der Waals surface area contributed by atoms with Crippen LogP contribution in [-0.4, -0.2) is 21.1 Å². The number of thiazole rings is 1. The molecule has 0 aromatic carbocycles. The summed E-state index contributed by atoms with van der Waals surface area (Å²) in [5.74, 6) is -0.194. The van der Waals surface area contributed by atoms with Crippen molar-refractivity contribution in [2.24, 2.45) is 0 Å². The molecule has 1 amide bonds. The lowest BCUT2D eigenvalue weighted by Gasteiger charge is -2.03. The van der Waals surface area contributed by atoms with Crippen LogP contribution in [0.5, 0.6) is 0 Å². The highest BCUT2D eigenvalue weighted by Crippen LogP contribution is 2.34. The first-order chi connectivity index (χ1) is 10.1. The number of nitrogen functional groups attached to an aromatic ring is 1. The Balaban J connectivity index is 1.91. The van der Waals surface area contributed by atoms with Gasteiger partial charge in [0.05, 0.1) is 23.4 Å². The minimum Gasteiger partial charge on any atom is -0.397 e. The molecule has 8 heteroatoms. The van der Waals surface area contributed by atoms with E-state index >= 15 is 0 Å². The number of amides is 1. The number of nitrogens with zero attached hydrogens (tertiary/aromatic N) is 3. The Morgan fingerprint density at radius 2 is 2.19 bits per heavy atom. The molecule has 0 atom stereocenters. The Hall–Kier alpha value is -2.06. The molecule has 0 saturated carbocycles. The number of carbonyl (C=O) groups is 1. The Labute approximate surface area is 129 Å². The van der Waals surface area contributed by atoms with E-state index in [0.29, 0.717) is 21.9 Å². The van der Waals surface area contributed by atoms with E-state index in [2.05, 4.69) is 20.5 Å². The molecule has 0 spiro atoms. The summed E-state index contributed by atoms with van der Waals surface area (Å²) in [4.78, 5) is 18.4. The van der Waals surface area contributed by atoms with Gasteiger partial charge in [0.1, 0.15) is 9.71 Å². The van der Waals surface area contributed by atoms with Crippen LogP contribution in [0.15, 0.2) is 11.7 Å². The topological polar surface area (TPSA) is 93.8 Å². The Bertz CT molecular complexity index is 810.